The lowest BCUT2D eigenvalue weighted by molar-refractivity contribution is 0.0697. The molecule has 0 spiro atoms. The lowest BCUT2D eigenvalue weighted by Crippen LogP contribution is -2.03. The molecule has 2 heterocycles. The number of carbonyl (C=O) groups is 1. The van der Waals surface area contributed by atoms with Gasteiger partial charge >= 0.3 is 5.97 Å². The Kier molecular flexibility index (Phi) is 2.96. The average Bonchev–Trinajstić information content (AvgIpc) is 2.66. The minimum Gasteiger partial charge on any atom is -0.478 e. The Bertz CT molecular complexity index is 569. The number of hydrogen-bond acceptors (Lipinski definition) is 7. The SMILES string of the molecule is Cc1nnc(Sc2cc(C(=O)O)c(N)cn2)o1. The first-order chi connectivity index (χ1) is 8.06. The van der Waals surface area contributed by atoms with Crippen molar-refractivity contribution in [1.82, 2.24) is 15.2 Å². The first-order valence-electron chi connectivity index (χ1n) is 4.53. The van der Waals surface area contributed by atoms with Gasteiger partial charge in [-0.15, -0.1) is 10.2 Å². The first kappa shape index (κ1) is 11.4. The second-order valence-corrected chi connectivity index (χ2v) is 4.08. The lowest BCUT2D eigenvalue weighted by atomic mass is 10.2. The smallest absolute Gasteiger partial charge is 0.337 e. The van der Waals surface area contributed by atoms with Crippen LogP contribution in [-0.2, 0) is 0 Å². The van der Waals surface area contributed by atoms with Crippen LogP contribution >= 0.6 is 11.8 Å². The number of carboxylic acids is 1. The van der Waals surface area contributed by atoms with Crippen molar-refractivity contribution in [3.05, 3.63) is 23.7 Å². The van der Waals surface area contributed by atoms with E-state index in [1.165, 1.54) is 12.3 Å². The number of nitrogens with zero attached hydrogens (tertiary/aromatic N) is 3. The highest BCUT2D eigenvalue weighted by Gasteiger charge is 2.12. The van der Waals surface area contributed by atoms with E-state index in [4.69, 9.17) is 15.3 Å². The summed E-state index contributed by atoms with van der Waals surface area (Å²) in [5, 5.41) is 17.0. The van der Waals surface area contributed by atoms with E-state index < -0.39 is 5.97 Å². The summed E-state index contributed by atoms with van der Waals surface area (Å²) in [5.41, 5.74) is 5.60. The zero-order valence-electron chi connectivity index (χ0n) is 8.75. The van der Waals surface area contributed by atoms with Crippen molar-refractivity contribution in [3.63, 3.8) is 0 Å². The minimum atomic E-state index is -1.10. The number of nitrogen functional groups attached to an aromatic ring is 1. The van der Waals surface area contributed by atoms with Crippen LogP contribution in [0.2, 0.25) is 0 Å². The summed E-state index contributed by atoms with van der Waals surface area (Å²) in [6.07, 6.45) is 1.29. The third kappa shape index (κ3) is 2.53. The fourth-order valence-electron chi connectivity index (χ4n) is 1.10. The van der Waals surface area contributed by atoms with Crippen LogP contribution < -0.4 is 5.73 Å². The summed E-state index contributed by atoms with van der Waals surface area (Å²) in [5.74, 6) is -0.671. The van der Waals surface area contributed by atoms with E-state index >= 15 is 0 Å². The number of aromatic carboxylic acids is 1. The predicted molar refractivity (Wildman–Crippen MR) is 58.8 cm³/mol. The highest BCUT2D eigenvalue weighted by Crippen LogP contribution is 2.26. The number of anilines is 1. The van der Waals surface area contributed by atoms with Gasteiger partial charge < -0.3 is 15.3 Å². The Balaban J connectivity index is 2.28. The molecule has 2 aromatic heterocycles. The van der Waals surface area contributed by atoms with E-state index in [0.29, 0.717) is 16.1 Å². The molecular formula is C9H8N4O3S. The molecule has 0 saturated carbocycles. The number of aryl methyl sites for hydroxylation is 1. The summed E-state index contributed by atoms with van der Waals surface area (Å²) in [4.78, 5) is 14.8. The Labute approximate surface area is 100 Å². The highest BCUT2D eigenvalue weighted by atomic mass is 32.2. The maximum absolute atomic E-state index is 10.9. The number of pyridine rings is 1. The van der Waals surface area contributed by atoms with Gasteiger partial charge in [-0.3, -0.25) is 0 Å². The van der Waals surface area contributed by atoms with Gasteiger partial charge in [0.2, 0.25) is 5.89 Å². The lowest BCUT2D eigenvalue weighted by Gasteiger charge is -2.01. The van der Waals surface area contributed by atoms with E-state index in [0.717, 1.165) is 11.8 Å². The molecular weight excluding hydrogens is 244 g/mol. The molecule has 0 saturated heterocycles. The van der Waals surface area contributed by atoms with Gasteiger partial charge in [-0.2, -0.15) is 0 Å². The summed E-state index contributed by atoms with van der Waals surface area (Å²) < 4.78 is 5.14. The normalized spacial score (nSPS) is 10.4. The number of carboxylic acid groups (broad SMARTS) is 1. The van der Waals surface area contributed by atoms with Crippen molar-refractivity contribution in [2.45, 2.75) is 17.2 Å². The van der Waals surface area contributed by atoms with E-state index in [1.807, 2.05) is 0 Å². The monoisotopic (exact) mass is 252 g/mol. The Morgan fingerprint density at radius 3 is 2.88 bits per heavy atom. The van der Waals surface area contributed by atoms with Crippen LogP contribution in [0, 0.1) is 6.92 Å². The second kappa shape index (κ2) is 4.42. The van der Waals surface area contributed by atoms with E-state index in [-0.39, 0.29) is 11.3 Å². The van der Waals surface area contributed by atoms with E-state index in [9.17, 15) is 4.79 Å². The molecule has 8 heteroatoms. The molecule has 0 fully saturated rings. The number of nitrogens with two attached hydrogens (primary N) is 1. The quantitative estimate of drug-likeness (QED) is 0.837. The van der Waals surface area contributed by atoms with E-state index in [2.05, 4.69) is 15.2 Å². The third-order valence-corrected chi connectivity index (χ3v) is 2.61. The molecule has 0 aliphatic rings. The van der Waals surface area contributed by atoms with Crippen molar-refractivity contribution in [2.75, 3.05) is 5.73 Å². The number of rotatable bonds is 3. The van der Waals surface area contributed by atoms with Gasteiger partial charge in [-0.05, 0) is 17.8 Å². The van der Waals surface area contributed by atoms with Gasteiger partial charge in [0, 0.05) is 6.92 Å². The topological polar surface area (TPSA) is 115 Å². The standard InChI is InChI=1S/C9H8N4O3S/c1-4-12-13-9(16-4)17-7-2-5(8(14)15)6(10)3-11-7/h2-3H,10H2,1H3,(H,14,15). The third-order valence-electron chi connectivity index (χ3n) is 1.84. The van der Waals surface area contributed by atoms with Gasteiger partial charge in [0.1, 0.15) is 5.03 Å². The summed E-state index contributed by atoms with van der Waals surface area (Å²) >= 11 is 1.08. The van der Waals surface area contributed by atoms with Gasteiger partial charge in [-0.25, -0.2) is 9.78 Å². The van der Waals surface area contributed by atoms with Crippen molar-refractivity contribution < 1.29 is 14.3 Å². The van der Waals surface area contributed by atoms with Crippen molar-refractivity contribution in [1.29, 1.82) is 0 Å². The van der Waals surface area contributed by atoms with Gasteiger partial charge in [0.15, 0.2) is 0 Å². The molecule has 0 bridgehead atoms. The zero-order chi connectivity index (χ0) is 12.4. The van der Waals surface area contributed by atoms with Gasteiger partial charge in [0.25, 0.3) is 5.22 Å². The molecule has 0 aliphatic heterocycles. The molecule has 2 rings (SSSR count). The van der Waals surface area contributed by atoms with Crippen molar-refractivity contribution >= 4 is 23.4 Å². The van der Waals surface area contributed by atoms with Crippen LogP contribution in [-0.4, -0.2) is 26.3 Å². The molecule has 0 aliphatic carbocycles. The molecule has 3 N–H and O–H groups in total. The van der Waals surface area contributed by atoms with Crippen molar-refractivity contribution in [2.24, 2.45) is 0 Å². The van der Waals surface area contributed by atoms with Gasteiger partial charge in [-0.1, -0.05) is 0 Å². The van der Waals surface area contributed by atoms with Crippen LogP contribution in [0.15, 0.2) is 26.9 Å². The zero-order valence-corrected chi connectivity index (χ0v) is 9.56. The Hall–Kier alpha value is -2.09. The molecule has 0 unspecified atom stereocenters. The maximum atomic E-state index is 10.9. The van der Waals surface area contributed by atoms with Crippen molar-refractivity contribution in [3.8, 4) is 0 Å². The largest absolute Gasteiger partial charge is 0.478 e. The molecule has 17 heavy (non-hydrogen) atoms. The molecule has 0 amide bonds. The Morgan fingerprint density at radius 2 is 2.29 bits per heavy atom. The molecule has 7 nitrogen and oxygen atoms in total. The molecule has 2 aromatic rings. The second-order valence-electron chi connectivity index (χ2n) is 3.10. The first-order valence-corrected chi connectivity index (χ1v) is 5.34. The fourth-order valence-corrected chi connectivity index (χ4v) is 1.80. The minimum absolute atomic E-state index is 0.00117. The predicted octanol–water partition coefficient (Wildman–Crippen LogP) is 1.20. The van der Waals surface area contributed by atoms with Crippen LogP contribution in [0.3, 0.4) is 0 Å². The van der Waals surface area contributed by atoms with E-state index in [1.54, 1.807) is 6.92 Å². The van der Waals surface area contributed by atoms with Crippen LogP contribution in [0.4, 0.5) is 5.69 Å². The highest BCUT2D eigenvalue weighted by molar-refractivity contribution is 7.99. The molecule has 88 valence electrons. The number of aromatic nitrogens is 3. The van der Waals surface area contributed by atoms with Crippen LogP contribution in [0.5, 0.6) is 0 Å². The van der Waals surface area contributed by atoms with Gasteiger partial charge in [0.05, 0.1) is 17.4 Å². The maximum Gasteiger partial charge on any atom is 0.337 e. The van der Waals surface area contributed by atoms with Crippen LogP contribution in [0.25, 0.3) is 0 Å². The molecule has 0 aromatic carbocycles. The summed E-state index contributed by atoms with van der Waals surface area (Å²) in [6, 6.07) is 1.36. The molecule has 0 atom stereocenters. The summed E-state index contributed by atoms with van der Waals surface area (Å²) in [6.45, 7) is 1.66. The van der Waals surface area contributed by atoms with Crippen LogP contribution in [0.1, 0.15) is 16.2 Å². The molecule has 0 radical (unpaired) electrons. The fraction of sp³-hybridized carbons (Fsp3) is 0.111. The average molecular weight is 252 g/mol. The Morgan fingerprint density at radius 1 is 1.53 bits per heavy atom. The summed E-state index contributed by atoms with van der Waals surface area (Å²) in [7, 11) is 0. The number of hydrogen-bond donors (Lipinski definition) is 2.